The summed E-state index contributed by atoms with van der Waals surface area (Å²) in [6.45, 7) is 13.5. The van der Waals surface area contributed by atoms with E-state index in [-0.39, 0.29) is 11.1 Å². The molecule has 0 bridgehead atoms. The highest BCUT2D eigenvalue weighted by molar-refractivity contribution is 6.11. The largest absolute Gasteiger partial charge is 0.335 e. The van der Waals surface area contributed by atoms with Crippen molar-refractivity contribution in [1.82, 2.24) is 9.13 Å². The molecular formula is C33H31N3. The summed E-state index contributed by atoms with van der Waals surface area (Å²) in [5.41, 5.74) is 7.85. The maximum Gasteiger partial charge on any atom is 0.0991 e. The van der Waals surface area contributed by atoms with Crippen molar-refractivity contribution >= 4 is 43.6 Å². The van der Waals surface area contributed by atoms with Crippen molar-refractivity contribution in [1.29, 1.82) is 5.26 Å². The second-order valence-electron chi connectivity index (χ2n) is 11.8. The third-order valence-electron chi connectivity index (χ3n) is 7.24. The van der Waals surface area contributed by atoms with Crippen LogP contribution in [0.1, 0.15) is 47.1 Å². The van der Waals surface area contributed by atoms with Crippen LogP contribution in [-0.4, -0.2) is 9.13 Å². The van der Waals surface area contributed by atoms with E-state index in [4.69, 9.17) is 0 Å². The van der Waals surface area contributed by atoms with Crippen molar-refractivity contribution in [3.05, 3.63) is 84.4 Å². The van der Waals surface area contributed by atoms with Crippen LogP contribution in [0.25, 0.3) is 54.7 Å². The first-order valence-electron chi connectivity index (χ1n) is 12.6. The fraction of sp³-hybridized carbons (Fsp3) is 0.242. The molecule has 36 heavy (non-hydrogen) atoms. The van der Waals surface area contributed by atoms with E-state index in [2.05, 4.69) is 123 Å². The fourth-order valence-corrected chi connectivity index (χ4v) is 5.87. The Hall–Kier alpha value is -4.03. The Morgan fingerprint density at radius 1 is 0.528 bits per heavy atom. The molecule has 0 radical (unpaired) electrons. The SMILES string of the molecule is CC(C)(C)n1c2ccccc2c2ccc(-c3ccc4c5cc(C#N)ccc5n(C(C)(C)C)c4c3)cc21. The molecule has 0 aliphatic carbocycles. The van der Waals surface area contributed by atoms with Crippen LogP contribution < -0.4 is 0 Å². The average molecular weight is 470 g/mol. The number of nitriles is 1. The van der Waals surface area contributed by atoms with Crippen molar-refractivity contribution in [2.45, 2.75) is 52.6 Å². The summed E-state index contributed by atoms with van der Waals surface area (Å²) in [4.78, 5) is 0. The smallest absolute Gasteiger partial charge is 0.0991 e. The molecule has 0 fully saturated rings. The highest BCUT2D eigenvalue weighted by Crippen LogP contribution is 2.39. The lowest BCUT2D eigenvalue weighted by Crippen LogP contribution is -2.21. The van der Waals surface area contributed by atoms with Gasteiger partial charge < -0.3 is 9.13 Å². The predicted octanol–water partition coefficient (Wildman–Crippen LogP) is 8.95. The van der Waals surface area contributed by atoms with E-state index in [1.165, 1.54) is 43.8 Å². The van der Waals surface area contributed by atoms with Crippen LogP contribution in [0, 0.1) is 11.3 Å². The van der Waals surface area contributed by atoms with Crippen LogP contribution in [0.4, 0.5) is 0 Å². The van der Waals surface area contributed by atoms with Crippen LogP contribution in [0.5, 0.6) is 0 Å². The molecule has 0 atom stereocenters. The van der Waals surface area contributed by atoms with Gasteiger partial charge in [0.15, 0.2) is 0 Å². The second kappa shape index (κ2) is 7.48. The maximum absolute atomic E-state index is 9.49. The fourth-order valence-electron chi connectivity index (χ4n) is 5.87. The number of hydrogen-bond donors (Lipinski definition) is 0. The zero-order valence-corrected chi connectivity index (χ0v) is 21.8. The Bertz CT molecular complexity index is 1860. The van der Waals surface area contributed by atoms with Gasteiger partial charge >= 0.3 is 0 Å². The Kier molecular flexibility index (Phi) is 4.66. The molecule has 2 heterocycles. The predicted molar refractivity (Wildman–Crippen MR) is 153 cm³/mol. The summed E-state index contributed by atoms with van der Waals surface area (Å²) in [6, 6.07) is 30.7. The van der Waals surface area contributed by atoms with Crippen molar-refractivity contribution in [3.8, 4) is 17.2 Å². The number of benzene rings is 4. The van der Waals surface area contributed by atoms with E-state index in [1.54, 1.807) is 0 Å². The molecule has 6 rings (SSSR count). The highest BCUT2D eigenvalue weighted by Gasteiger charge is 2.23. The van der Waals surface area contributed by atoms with Gasteiger partial charge in [0.2, 0.25) is 0 Å². The molecule has 6 aromatic rings. The zero-order valence-electron chi connectivity index (χ0n) is 21.8. The molecule has 0 spiro atoms. The summed E-state index contributed by atoms with van der Waals surface area (Å²) < 4.78 is 4.88. The maximum atomic E-state index is 9.49. The van der Waals surface area contributed by atoms with Crippen molar-refractivity contribution in [2.24, 2.45) is 0 Å². The van der Waals surface area contributed by atoms with Crippen LogP contribution in [0.3, 0.4) is 0 Å². The lowest BCUT2D eigenvalue weighted by atomic mass is 10.0. The monoisotopic (exact) mass is 469 g/mol. The third kappa shape index (κ3) is 3.25. The molecule has 0 unspecified atom stereocenters. The van der Waals surface area contributed by atoms with Gasteiger partial charge in [0.1, 0.15) is 0 Å². The second-order valence-corrected chi connectivity index (χ2v) is 11.8. The van der Waals surface area contributed by atoms with Crippen LogP contribution in [0.2, 0.25) is 0 Å². The molecule has 0 aliphatic heterocycles. The zero-order chi connectivity index (χ0) is 25.4. The third-order valence-corrected chi connectivity index (χ3v) is 7.24. The number of nitrogens with zero attached hydrogens (tertiary/aromatic N) is 3. The van der Waals surface area contributed by atoms with Crippen molar-refractivity contribution in [2.75, 3.05) is 0 Å². The van der Waals surface area contributed by atoms with Gasteiger partial charge in [-0.3, -0.25) is 0 Å². The summed E-state index contributed by atoms with van der Waals surface area (Å²) in [5, 5.41) is 14.4. The molecular weight excluding hydrogens is 438 g/mol. The summed E-state index contributed by atoms with van der Waals surface area (Å²) in [6.07, 6.45) is 0. The molecule has 0 saturated heterocycles. The lowest BCUT2D eigenvalue weighted by molar-refractivity contribution is 0.423. The summed E-state index contributed by atoms with van der Waals surface area (Å²) >= 11 is 0. The van der Waals surface area contributed by atoms with E-state index >= 15 is 0 Å². The molecule has 3 nitrogen and oxygen atoms in total. The van der Waals surface area contributed by atoms with Gasteiger partial charge in [-0.05, 0) is 89.1 Å². The first-order chi connectivity index (χ1) is 17.1. The van der Waals surface area contributed by atoms with Crippen molar-refractivity contribution < 1.29 is 0 Å². The topological polar surface area (TPSA) is 33.6 Å². The van der Waals surface area contributed by atoms with Gasteiger partial charge in [-0.1, -0.05) is 42.5 Å². The molecule has 0 aliphatic rings. The highest BCUT2D eigenvalue weighted by atomic mass is 15.1. The Labute approximate surface area is 212 Å². The van der Waals surface area contributed by atoms with Gasteiger partial charge in [0.25, 0.3) is 0 Å². The molecule has 0 saturated carbocycles. The number of fused-ring (bicyclic) bond motifs is 6. The molecule has 0 amide bonds. The van der Waals surface area contributed by atoms with Crippen LogP contribution in [-0.2, 0) is 11.1 Å². The Balaban J connectivity index is 1.64. The molecule has 0 N–H and O–H groups in total. The van der Waals surface area contributed by atoms with E-state index in [0.717, 1.165) is 10.9 Å². The average Bonchev–Trinajstić information content (AvgIpc) is 3.35. The molecule has 178 valence electrons. The minimum Gasteiger partial charge on any atom is -0.335 e. The number of para-hydroxylation sites is 1. The van der Waals surface area contributed by atoms with E-state index in [9.17, 15) is 5.26 Å². The number of rotatable bonds is 1. The molecule has 2 aromatic heterocycles. The van der Waals surface area contributed by atoms with Crippen LogP contribution >= 0.6 is 0 Å². The quantitative estimate of drug-likeness (QED) is 0.237. The van der Waals surface area contributed by atoms with Crippen molar-refractivity contribution in [3.63, 3.8) is 0 Å². The summed E-state index contributed by atoms with van der Waals surface area (Å²) in [7, 11) is 0. The minimum absolute atomic E-state index is 0.0406. The van der Waals surface area contributed by atoms with E-state index in [1.807, 2.05) is 12.1 Å². The van der Waals surface area contributed by atoms with E-state index < -0.39 is 0 Å². The number of hydrogen-bond acceptors (Lipinski definition) is 1. The normalized spacial score (nSPS) is 12.7. The van der Waals surface area contributed by atoms with Gasteiger partial charge in [-0.25, -0.2) is 0 Å². The van der Waals surface area contributed by atoms with Gasteiger partial charge in [0.05, 0.1) is 22.7 Å². The summed E-state index contributed by atoms with van der Waals surface area (Å²) in [5.74, 6) is 0. The molecule has 4 aromatic carbocycles. The van der Waals surface area contributed by atoms with Gasteiger partial charge in [-0.15, -0.1) is 0 Å². The standard InChI is InChI=1S/C33H31N3/c1-32(2,3)35-28-10-8-7-9-24(28)25-14-12-22(18-30(25)35)23-13-15-26-27-17-21(20-34)11-16-29(27)36(31(26)19-23)33(4,5)6/h7-19H,1-6H3. The minimum atomic E-state index is -0.102. The van der Waals surface area contributed by atoms with Gasteiger partial charge in [0, 0.05) is 43.7 Å². The van der Waals surface area contributed by atoms with Gasteiger partial charge in [-0.2, -0.15) is 5.26 Å². The first-order valence-corrected chi connectivity index (χ1v) is 12.6. The van der Waals surface area contributed by atoms with E-state index in [0.29, 0.717) is 5.56 Å². The first kappa shape index (κ1) is 22.4. The molecule has 3 heteroatoms. The van der Waals surface area contributed by atoms with Crippen LogP contribution in [0.15, 0.2) is 78.9 Å². The number of aromatic nitrogens is 2. The Morgan fingerprint density at radius 2 is 1.03 bits per heavy atom. The lowest BCUT2D eigenvalue weighted by Gasteiger charge is -2.25. The Morgan fingerprint density at radius 3 is 1.58 bits per heavy atom.